The second-order valence-electron chi connectivity index (χ2n) is 2.55. The number of aliphatic hydroxyl groups is 1. The molecule has 0 radical (unpaired) electrons. The van der Waals surface area contributed by atoms with Gasteiger partial charge in [-0.25, -0.2) is 0 Å². The molecule has 0 aromatic carbocycles. The summed E-state index contributed by atoms with van der Waals surface area (Å²) in [7, 11) is 0. The quantitative estimate of drug-likeness (QED) is 0.575. The van der Waals surface area contributed by atoms with Crippen molar-refractivity contribution in [3.05, 3.63) is 11.1 Å². The van der Waals surface area contributed by atoms with Crippen molar-refractivity contribution in [3.8, 4) is 0 Å². The van der Waals surface area contributed by atoms with Gasteiger partial charge in [0, 0.05) is 5.70 Å². The minimum absolute atomic E-state index is 0.0814. The van der Waals surface area contributed by atoms with E-state index in [9.17, 15) is 0 Å². The Balaban J connectivity index is 2.50. The van der Waals surface area contributed by atoms with Crippen LogP contribution >= 0.6 is 11.8 Å². The van der Waals surface area contributed by atoms with Gasteiger partial charge in [0.15, 0.2) is 0 Å². The summed E-state index contributed by atoms with van der Waals surface area (Å²) in [6, 6.07) is 0. The summed E-state index contributed by atoms with van der Waals surface area (Å²) in [5.41, 5.74) is 0.921. The number of rotatable bonds is 1. The number of hydrogen-bond acceptors (Lipinski definition) is 3. The fraction of sp³-hybridized carbons (Fsp3) is 0.667. The highest BCUT2D eigenvalue weighted by molar-refractivity contribution is 8.03. The number of aliphatic hydroxyl groups excluding tert-OH is 1. The molecule has 52 valence electrons. The van der Waals surface area contributed by atoms with Crippen molar-refractivity contribution in [1.82, 2.24) is 5.32 Å². The molecule has 0 aromatic heterocycles. The first-order valence-corrected chi connectivity index (χ1v) is 3.78. The monoisotopic (exact) mass is 145 g/mol. The van der Waals surface area contributed by atoms with Gasteiger partial charge < -0.3 is 10.4 Å². The normalized spacial score (nSPS) is 23.2. The van der Waals surface area contributed by atoms with Crippen LogP contribution in [0, 0.1) is 0 Å². The Morgan fingerprint density at radius 2 is 2.44 bits per heavy atom. The molecule has 9 heavy (non-hydrogen) atoms. The molecule has 1 aliphatic heterocycles. The minimum atomic E-state index is 0.0814. The number of nitrogens with one attached hydrogen (secondary N) is 1. The van der Waals surface area contributed by atoms with Gasteiger partial charge in [-0.05, 0) is 19.3 Å². The number of thioether (sulfide) groups is 1. The maximum atomic E-state index is 8.65. The van der Waals surface area contributed by atoms with Gasteiger partial charge in [0.2, 0.25) is 0 Å². The fourth-order valence-corrected chi connectivity index (χ4v) is 1.50. The summed E-state index contributed by atoms with van der Waals surface area (Å²) in [6.45, 7) is 4.28. The Bertz CT molecular complexity index is 142. The zero-order chi connectivity index (χ0) is 6.91. The molecule has 3 heteroatoms. The van der Waals surface area contributed by atoms with E-state index in [1.54, 1.807) is 11.8 Å². The second kappa shape index (κ2) is 2.23. The van der Waals surface area contributed by atoms with E-state index < -0.39 is 0 Å². The van der Waals surface area contributed by atoms with Gasteiger partial charge >= 0.3 is 0 Å². The van der Waals surface area contributed by atoms with Gasteiger partial charge in [-0.15, -0.1) is 11.8 Å². The van der Waals surface area contributed by atoms with Crippen LogP contribution in [0.25, 0.3) is 0 Å². The van der Waals surface area contributed by atoms with Crippen molar-refractivity contribution in [2.24, 2.45) is 0 Å². The molecule has 2 nitrogen and oxygen atoms in total. The van der Waals surface area contributed by atoms with Crippen LogP contribution in [0.1, 0.15) is 13.8 Å². The molecule has 0 unspecified atom stereocenters. The molecule has 0 spiro atoms. The van der Waals surface area contributed by atoms with E-state index in [1.807, 2.05) is 5.41 Å². The van der Waals surface area contributed by atoms with E-state index in [0.717, 1.165) is 5.70 Å². The first-order chi connectivity index (χ1) is 4.14. The Kier molecular flexibility index (Phi) is 1.73. The van der Waals surface area contributed by atoms with Crippen molar-refractivity contribution in [2.75, 3.05) is 6.61 Å². The van der Waals surface area contributed by atoms with Crippen LogP contribution in [-0.2, 0) is 0 Å². The van der Waals surface area contributed by atoms with Crippen molar-refractivity contribution in [2.45, 2.75) is 18.7 Å². The van der Waals surface area contributed by atoms with Crippen LogP contribution in [-0.4, -0.2) is 16.6 Å². The molecule has 0 saturated heterocycles. The molecule has 0 amide bonds. The summed E-state index contributed by atoms with van der Waals surface area (Å²) in [6.07, 6.45) is 0. The molecule has 0 aliphatic carbocycles. The summed E-state index contributed by atoms with van der Waals surface area (Å²) in [5, 5.41) is 13.8. The summed E-state index contributed by atoms with van der Waals surface area (Å²) in [5.74, 6) is 0. The van der Waals surface area contributed by atoms with Crippen molar-refractivity contribution >= 4 is 11.8 Å². The second-order valence-corrected chi connectivity index (χ2v) is 4.05. The standard InChI is InChI=1S/C6H11NOS/c1-6(2)7-5(3-8)4-9-6/h4,7-8H,3H2,1-2H3. The predicted molar refractivity (Wildman–Crippen MR) is 40.0 cm³/mol. The molecule has 2 N–H and O–H groups in total. The van der Waals surface area contributed by atoms with Gasteiger partial charge in [-0.3, -0.25) is 0 Å². The molecule has 1 heterocycles. The highest BCUT2D eigenvalue weighted by Crippen LogP contribution is 2.29. The summed E-state index contributed by atoms with van der Waals surface area (Å²) in [4.78, 5) is 0.0814. The summed E-state index contributed by atoms with van der Waals surface area (Å²) >= 11 is 1.70. The van der Waals surface area contributed by atoms with Crippen LogP contribution in [0.2, 0.25) is 0 Å². The smallest absolute Gasteiger partial charge is 0.0833 e. The third-order valence-corrected chi connectivity index (χ3v) is 2.22. The van der Waals surface area contributed by atoms with Crippen LogP contribution in [0.15, 0.2) is 11.1 Å². The van der Waals surface area contributed by atoms with E-state index in [0.29, 0.717) is 0 Å². The first-order valence-electron chi connectivity index (χ1n) is 2.90. The third-order valence-electron chi connectivity index (χ3n) is 1.13. The van der Waals surface area contributed by atoms with Crippen molar-refractivity contribution in [1.29, 1.82) is 0 Å². The third kappa shape index (κ3) is 1.63. The Morgan fingerprint density at radius 1 is 1.78 bits per heavy atom. The Hall–Kier alpha value is -0.150. The number of hydrogen-bond donors (Lipinski definition) is 2. The Labute approximate surface area is 59.3 Å². The van der Waals surface area contributed by atoms with E-state index >= 15 is 0 Å². The molecule has 0 aromatic rings. The van der Waals surface area contributed by atoms with Gasteiger partial charge in [0.1, 0.15) is 0 Å². The molecular weight excluding hydrogens is 134 g/mol. The lowest BCUT2D eigenvalue weighted by Crippen LogP contribution is -2.31. The van der Waals surface area contributed by atoms with Crippen molar-refractivity contribution in [3.63, 3.8) is 0 Å². The van der Waals surface area contributed by atoms with E-state index in [-0.39, 0.29) is 11.5 Å². The highest BCUT2D eigenvalue weighted by Gasteiger charge is 2.22. The summed E-state index contributed by atoms with van der Waals surface area (Å²) < 4.78 is 0. The lowest BCUT2D eigenvalue weighted by molar-refractivity contribution is 0.318. The van der Waals surface area contributed by atoms with Crippen molar-refractivity contribution < 1.29 is 5.11 Å². The largest absolute Gasteiger partial charge is 0.390 e. The fourth-order valence-electron chi connectivity index (χ4n) is 0.741. The van der Waals surface area contributed by atoms with Gasteiger partial charge in [-0.2, -0.15) is 0 Å². The zero-order valence-corrected chi connectivity index (χ0v) is 6.46. The Morgan fingerprint density at radius 3 is 2.67 bits per heavy atom. The van der Waals surface area contributed by atoms with Gasteiger partial charge in [0.25, 0.3) is 0 Å². The molecule has 1 aliphatic rings. The van der Waals surface area contributed by atoms with E-state index in [4.69, 9.17) is 5.11 Å². The zero-order valence-electron chi connectivity index (χ0n) is 5.64. The van der Waals surface area contributed by atoms with Gasteiger partial charge in [0.05, 0.1) is 11.5 Å². The van der Waals surface area contributed by atoms with Crippen LogP contribution < -0.4 is 5.32 Å². The predicted octanol–water partition coefficient (Wildman–Crippen LogP) is 0.893. The molecule has 0 atom stereocenters. The molecule has 1 rings (SSSR count). The first kappa shape index (κ1) is 6.96. The molecule has 0 saturated carbocycles. The lowest BCUT2D eigenvalue weighted by atomic mass is 10.3. The maximum Gasteiger partial charge on any atom is 0.0833 e. The topological polar surface area (TPSA) is 32.3 Å². The minimum Gasteiger partial charge on any atom is -0.390 e. The molecule has 0 bridgehead atoms. The average molecular weight is 145 g/mol. The SMILES string of the molecule is CC1(C)NC(CO)=CS1. The van der Waals surface area contributed by atoms with Crippen LogP contribution in [0.3, 0.4) is 0 Å². The van der Waals surface area contributed by atoms with Gasteiger partial charge in [-0.1, -0.05) is 0 Å². The molecular formula is C6H11NOS. The molecule has 0 fully saturated rings. The van der Waals surface area contributed by atoms with E-state index in [2.05, 4.69) is 19.2 Å². The lowest BCUT2D eigenvalue weighted by Gasteiger charge is -2.18. The maximum absolute atomic E-state index is 8.65. The average Bonchev–Trinajstić information content (AvgIpc) is 2.10. The van der Waals surface area contributed by atoms with Crippen LogP contribution in [0.5, 0.6) is 0 Å². The highest BCUT2D eigenvalue weighted by atomic mass is 32.2. The van der Waals surface area contributed by atoms with E-state index in [1.165, 1.54) is 0 Å². The van der Waals surface area contributed by atoms with Crippen LogP contribution in [0.4, 0.5) is 0 Å².